The number of rotatable bonds is 6. The highest BCUT2D eigenvalue weighted by Crippen LogP contribution is 2.23. The summed E-state index contributed by atoms with van der Waals surface area (Å²) in [5.74, 6) is -1.84. The van der Waals surface area contributed by atoms with E-state index < -0.39 is 11.6 Å². The van der Waals surface area contributed by atoms with E-state index in [9.17, 15) is 18.4 Å². The van der Waals surface area contributed by atoms with E-state index in [1.54, 1.807) is 17.0 Å². The predicted molar refractivity (Wildman–Crippen MR) is 105 cm³/mol. The largest absolute Gasteiger partial charge is 0.352 e. The number of halogens is 3. The number of nitrogens with zero attached hydrogens (tertiary/aromatic N) is 2. The number of likely N-dealkylation sites (tertiary alicyclic amines) is 1. The zero-order chi connectivity index (χ0) is 20.8. The van der Waals surface area contributed by atoms with E-state index in [0.717, 1.165) is 25.0 Å². The topological polar surface area (TPSA) is 62.3 Å². The van der Waals surface area contributed by atoms with Gasteiger partial charge in [-0.1, -0.05) is 17.7 Å². The molecule has 5 nitrogen and oxygen atoms in total. The van der Waals surface area contributed by atoms with E-state index in [4.69, 9.17) is 11.6 Å². The van der Waals surface area contributed by atoms with Crippen LogP contribution in [-0.4, -0.2) is 34.8 Å². The molecule has 29 heavy (non-hydrogen) atoms. The van der Waals surface area contributed by atoms with Crippen molar-refractivity contribution in [3.8, 4) is 0 Å². The molecular weight excluding hydrogens is 400 g/mol. The summed E-state index contributed by atoms with van der Waals surface area (Å²) in [7, 11) is 0. The molecule has 2 amide bonds. The maximum atomic E-state index is 13.2. The number of hydrogen-bond acceptors (Lipinski definition) is 3. The molecule has 0 saturated carbocycles. The molecule has 8 heteroatoms. The van der Waals surface area contributed by atoms with Crippen molar-refractivity contribution in [1.82, 2.24) is 15.2 Å². The maximum absolute atomic E-state index is 13.2. The lowest BCUT2D eigenvalue weighted by Gasteiger charge is -2.32. The summed E-state index contributed by atoms with van der Waals surface area (Å²) in [6.45, 7) is 1.42. The Morgan fingerprint density at radius 3 is 2.79 bits per heavy atom. The van der Waals surface area contributed by atoms with Crippen LogP contribution in [0.2, 0.25) is 5.15 Å². The van der Waals surface area contributed by atoms with Crippen LogP contribution in [0.3, 0.4) is 0 Å². The van der Waals surface area contributed by atoms with Gasteiger partial charge in [0, 0.05) is 37.8 Å². The van der Waals surface area contributed by atoms with Crippen molar-refractivity contribution >= 4 is 23.4 Å². The molecule has 1 aliphatic heterocycles. The van der Waals surface area contributed by atoms with Gasteiger partial charge in [0.2, 0.25) is 5.91 Å². The Kier molecular flexibility index (Phi) is 7.14. The van der Waals surface area contributed by atoms with Gasteiger partial charge >= 0.3 is 0 Å². The molecule has 0 bridgehead atoms. The quantitative estimate of drug-likeness (QED) is 0.718. The summed E-state index contributed by atoms with van der Waals surface area (Å²) < 4.78 is 26.2. The number of benzene rings is 1. The van der Waals surface area contributed by atoms with Crippen LogP contribution >= 0.6 is 11.6 Å². The number of nitrogens with one attached hydrogen (secondary N) is 1. The summed E-state index contributed by atoms with van der Waals surface area (Å²) in [6, 6.07) is 6.75. The fraction of sp³-hybridized carbons (Fsp3) is 0.381. The first-order chi connectivity index (χ1) is 13.9. The summed E-state index contributed by atoms with van der Waals surface area (Å²) in [5, 5.41) is 3.00. The second-order valence-corrected chi connectivity index (χ2v) is 7.58. The van der Waals surface area contributed by atoms with Gasteiger partial charge in [-0.25, -0.2) is 13.8 Å². The molecule has 2 heterocycles. The number of hydrogen-bond donors (Lipinski definition) is 1. The Labute approximate surface area is 173 Å². The maximum Gasteiger partial charge on any atom is 0.254 e. The van der Waals surface area contributed by atoms with Crippen LogP contribution in [0.1, 0.15) is 41.6 Å². The molecule has 1 fully saturated rings. The van der Waals surface area contributed by atoms with E-state index in [1.165, 1.54) is 12.3 Å². The first-order valence-electron chi connectivity index (χ1n) is 9.54. The molecule has 1 aromatic carbocycles. The average molecular weight is 422 g/mol. The van der Waals surface area contributed by atoms with Gasteiger partial charge in [0.05, 0.1) is 0 Å². The van der Waals surface area contributed by atoms with Crippen LogP contribution in [-0.2, 0) is 11.3 Å². The van der Waals surface area contributed by atoms with Gasteiger partial charge in [-0.05, 0) is 55.0 Å². The Hall–Kier alpha value is -2.54. The van der Waals surface area contributed by atoms with Crippen molar-refractivity contribution in [2.75, 3.05) is 13.1 Å². The zero-order valence-corrected chi connectivity index (χ0v) is 16.6. The Bertz CT molecular complexity index is 894. The number of amides is 2. The van der Waals surface area contributed by atoms with Crippen molar-refractivity contribution in [2.24, 2.45) is 5.92 Å². The van der Waals surface area contributed by atoms with Crippen LogP contribution in [0.25, 0.3) is 0 Å². The molecule has 0 unspecified atom stereocenters. The molecule has 0 aliphatic carbocycles. The normalized spacial score (nSPS) is 16.5. The van der Waals surface area contributed by atoms with Crippen LogP contribution in [0.5, 0.6) is 0 Å². The highest BCUT2D eigenvalue weighted by Gasteiger charge is 2.25. The van der Waals surface area contributed by atoms with Crippen molar-refractivity contribution in [1.29, 1.82) is 0 Å². The van der Waals surface area contributed by atoms with Crippen molar-refractivity contribution in [3.05, 3.63) is 64.4 Å². The van der Waals surface area contributed by atoms with Gasteiger partial charge in [0.15, 0.2) is 11.6 Å². The second-order valence-electron chi connectivity index (χ2n) is 7.19. The minimum absolute atomic E-state index is 0.0817. The number of carbonyl (C=O) groups is 2. The van der Waals surface area contributed by atoms with Crippen LogP contribution < -0.4 is 5.32 Å². The van der Waals surface area contributed by atoms with Crippen LogP contribution in [0.15, 0.2) is 36.5 Å². The number of carbonyl (C=O) groups excluding carboxylic acids is 2. The predicted octanol–water partition coefficient (Wildman–Crippen LogP) is 3.96. The number of aromatic nitrogens is 1. The summed E-state index contributed by atoms with van der Waals surface area (Å²) in [6.07, 6.45) is 4.32. The summed E-state index contributed by atoms with van der Waals surface area (Å²) in [4.78, 5) is 30.4. The van der Waals surface area contributed by atoms with Crippen molar-refractivity contribution in [3.63, 3.8) is 0 Å². The number of pyridine rings is 1. The standard InChI is InChI=1S/C21H22ClF2N3O2/c22-19-11-16(7-8-25-19)21(29)27-9-1-2-14(13-27)4-6-20(28)26-12-15-3-5-17(23)18(24)10-15/h3,5,7-8,10-11,14H,1-2,4,6,9,12-13H2,(H,26,28)/t14-/m1/s1. The first-order valence-corrected chi connectivity index (χ1v) is 9.91. The molecule has 154 valence electrons. The molecule has 1 saturated heterocycles. The fourth-order valence-corrected chi connectivity index (χ4v) is 3.65. The minimum atomic E-state index is -0.931. The van der Waals surface area contributed by atoms with Gasteiger partial charge in [-0.15, -0.1) is 0 Å². The molecule has 1 N–H and O–H groups in total. The highest BCUT2D eigenvalue weighted by molar-refractivity contribution is 6.29. The summed E-state index contributed by atoms with van der Waals surface area (Å²) in [5.41, 5.74) is 1.01. The summed E-state index contributed by atoms with van der Waals surface area (Å²) >= 11 is 5.87. The van der Waals surface area contributed by atoms with Crippen LogP contribution in [0, 0.1) is 17.6 Å². The molecular formula is C21H22ClF2N3O2. The lowest BCUT2D eigenvalue weighted by molar-refractivity contribution is -0.121. The Morgan fingerprint density at radius 1 is 1.21 bits per heavy atom. The van der Waals surface area contributed by atoms with Crippen molar-refractivity contribution < 1.29 is 18.4 Å². The SMILES string of the molecule is O=C(CC[C@H]1CCCN(C(=O)c2ccnc(Cl)c2)C1)NCc1ccc(F)c(F)c1. The Morgan fingerprint density at radius 2 is 2.03 bits per heavy atom. The van der Waals surface area contributed by atoms with Gasteiger partial charge in [0.1, 0.15) is 5.15 Å². The van der Waals surface area contributed by atoms with Crippen molar-refractivity contribution in [2.45, 2.75) is 32.2 Å². The minimum Gasteiger partial charge on any atom is -0.352 e. The third kappa shape index (κ3) is 5.97. The van der Waals surface area contributed by atoms with E-state index in [1.807, 2.05) is 0 Å². The van der Waals surface area contributed by atoms with Gasteiger partial charge in [-0.2, -0.15) is 0 Å². The second kappa shape index (κ2) is 9.78. The molecule has 1 aliphatic rings. The molecule has 3 rings (SSSR count). The Balaban J connectivity index is 1.45. The molecule has 1 aromatic heterocycles. The molecule has 0 radical (unpaired) electrons. The zero-order valence-electron chi connectivity index (χ0n) is 15.8. The van der Waals surface area contributed by atoms with E-state index >= 15 is 0 Å². The van der Waals surface area contributed by atoms with E-state index in [0.29, 0.717) is 37.1 Å². The first kappa shape index (κ1) is 21.2. The monoisotopic (exact) mass is 421 g/mol. The number of piperidine rings is 1. The lowest BCUT2D eigenvalue weighted by atomic mass is 9.93. The van der Waals surface area contributed by atoms with E-state index in [-0.39, 0.29) is 29.4 Å². The molecule has 1 atom stereocenters. The van der Waals surface area contributed by atoms with Gasteiger partial charge in [-0.3, -0.25) is 9.59 Å². The molecule has 2 aromatic rings. The highest BCUT2D eigenvalue weighted by atomic mass is 35.5. The van der Waals surface area contributed by atoms with Gasteiger partial charge < -0.3 is 10.2 Å². The smallest absolute Gasteiger partial charge is 0.254 e. The third-order valence-corrected chi connectivity index (χ3v) is 5.24. The fourth-order valence-electron chi connectivity index (χ4n) is 3.48. The van der Waals surface area contributed by atoms with Crippen LogP contribution in [0.4, 0.5) is 8.78 Å². The third-order valence-electron chi connectivity index (χ3n) is 5.03. The van der Waals surface area contributed by atoms with E-state index in [2.05, 4.69) is 10.3 Å². The average Bonchev–Trinajstić information content (AvgIpc) is 2.72. The molecule has 0 spiro atoms. The van der Waals surface area contributed by atoms with Gasteiger partial charge in [0.25, 0.3) is 5.91 Å². The lowest BCUT2D eigenvalue weighted by Crippen LogP contribution is -2.40.